The normalized spacial score (nSPS) is 12.6. The fraction of sp³-hybridized carbons (Fsp3) is 0.312. The van der Waals surface area contributed by atoms with Crippen LogP contribution in [0.3, 0.4) is 0 Å². The zero-order chi connectivity index (χ0) is 12.1. The molecule has 0 aliphatic rings. The second-order valence-corrected chi connectivity index (χ2v) is 4.33. The quantitative estimate of drug-likeness (QED) is 0.724. The first-order chi connectivity index (χ1) is 8.33. The van der Waals surface area contributed by atoms with E-state index in [1.165, 1.54) is 10.8 Å². The van der Waals surface area contributed by atoms with Gasteiger partial charge in [0.05, 0.1) is 6.10 Å². The summed E-state index contributed by atoms with van der Waals surface area (Å²) >= 11 is 0. The third-order valence-electron chi connectivity index (χ3n) is 2.96. The van der Waals surface area contributed by atoms with E-state index in [4.69, 9.17) is 4.74 Å². The molecule has 0 saturated carbocycles. The minimum Gasteiger partial charge on any atom is -0.490 e. The SMILES string of the molecule is [CH2]C[C@@H](CCC)Oc1ccc2ccccc2c1. The van der Waals surface area contributed by atoms with Crippen molar-refractivity contribution in [2.75, 3.05) is 0 Å². The number of rotatable bonds is 5. The Morgan fingerprint density at radius 1 is 1.12 bits per heavy atom. The maximum Gasteiger partial charge on any atom is 0.120 e. The summed E-state index contributed by atoms with van der Waals surface area (Å²) in [5.41, 5.74) is 0. The predicted octanol–water partition coefficient (Wildman–Crippen LogP) is 4.61. The van der Waals surface area contributed by atoms with E-state index in [-0.39, 0.29) is 6.10 Å². The van der Waals surface area contributed by atoms with Crippen molar-refractivity contribution in [1.29, 1.82) is 0 Å². The molecule has 0 heterocycles. The number of benzene rings is 2. The molecule has 2 aromatic rings. The van der Waals surface area contributed by atoms with Crippen LogP contribution in [0.25, 0.3) is 10.8 Å². The maximum atomic E-state index is 5.95. The van der Waals surface area contributed by atoms with E-state index >= 15 is 0 Å². The molecule has 0 aromatic heterocycles. The Morgan fingerprint density at radius 2 is 1.88 bits per heavy atom. The van der Waals surface area contributed by atoms with E-state index in [2.05, 4.69) is 50.2 Å². The van der Waals surface area contributed by atoms with Crippen molar-refractivity contribution >= 4 is 10.8 Å². The number of hydrogen-bond donors (Lipinski definition) is 0. The van der Waals surface area contributed by atoms with E-state index < -0.39 is 0 Å². The van der Waals surface area contributed by atoms with Crippen molar-refractivity contribution < 1.29 is 4.74 Å². The molecule has 0 aliphatic heterocycles. The summed E-state index contributed by atoms with van der Waals surface area (Å²) in [5, 5.41) is 2.48. The van der Waals surface area contributed by atoms with Gasteiger partial charge in [-0.3, -0.25) is 0 Å². The van der Waals surface area contributed by atoms with Gasteiger partial charge in [-0.2, -0.15) is 0 Å². The van der Waals surface area contributed by atoms with Gasteiger partial charge in [0.2, 0.25) is 0 Å². The van der Waals surface area contributed by atoms with Crippen LogP contribution in [0.15, 0.2) is 42.5 Å². The molecule has 0 unspecified atom stereocenters. The molecule has 1 atom stereocenters. The van der Waals surface area contributed by atoms with Crippen LogP contribution < -0.4 is 4.74 Å². The largest absolute Gasteiger partial charge is 0.490 e. The molecule has 2 aromatic carbocycles. The Kier molecular flexibility index (Phi) is 4.03. The van der Waals surface area contributed by atoms with Crippen LogP contribution in [-0.2, 0) is 0 Å². The second-order valence-electron chi connectivity index (χ2n) is 4.33. The summed E-state index contributed by atoms with van der Waals surface area (Å²) in [6, 6.07) is 14.6. The highest BCUT2D eigenvalue weighted by molar-refractivity contribution is 5.83. The van der Waals surface area contributed by atoms with Crippen LogP contribution in [0.5, 0.6) is 5.75 Å². The van der Waals surface area contributed by atoms with Crippen molar-refractivity contribution in [3.05, 3.63) is 49.4 Å². The van der Waals surface area contributed by atoms with Crippen LogP contribution >= 0.6 is 0 Å². The zero-order valence-corrected chi connectivity index (χ0v) is 10.4. The van der Waals surface area contributed by atoms with Crippen molar-refractivity contribution in [1.82, 2.24) is 0 Å². The smallest absolute Gasteiger partial charge is 0.120 e. The molecule has 0 N–H and O–H groups in total. The Bertz CT molecular complexity index is 476. The van der Waals surface area contributed by atoms with E-state index in [0.29, 0.717) is 0 Å². The van der Waals surface area contributed by atoms with E-state index in [1.54, 1.807) is 0 Å². The molecule has 0 saturated heterocycles. The van der Waals surface area contributed by atoms with Crippen LogP contribution in [-0.4, -0.2) is 6.10 Å². The molecule has 0 fully saturated rings. The summed E-state index contributed by atoms with van der Waals surface area (Å²) in [4.78, 5) is 0. The first-order valence-corrected chi connectivity index (χ1v) is 6.28. The van der Waals surface area contributed by atoms with Gasteiger partial charge < -0.3 is 4.74 Å². The van der Waals surface area contributed by atoms with Gasteiger partial charge in [0, 0.05) is 0 Å². The molecule has 1 heteroatoms. The minimum atomic E-state index is 0.237. The standard InChI is InChI=1S/C16H19O/c1-3-7-15(4-2)17-16-11-10-13-8-5-6-9-14(13)12-16/h5-6,8-12,15H,2-4,7H2,1H3/t15-/m0/s1. The third-order valence-corrected chi connectivity index (χ3v) is 2.96. The molecule has 2 rings (SSSR count). The summed E-state index contributed by atoms with van der Waals surface area (Å²) in [7, 11) is 0. The fourth-order valence-electron chi connectivity index (χ4n) is 2.02. The number of ether oxygens (including phenoxy) is 1. The highest BCUT2D eigenvalue weighted by Crippen LogP contribution is 2.22. The molecular weight excluding hydrogens is 208 g/mol. The van der Waals surface area contributed by atoms with E-state index in [0.717, 1.165) is 25.0 Å². The third kappa shape index (κ3) is 3.00. The van der Waals surface area contributed by atoms with Gasteiger partial charge >= 0.3 is 0 Å². The van der Waals surface area contributed by atoms with Gasteiger partial charge in [-0.15, -0.1) is 0 Å². The topological polar surface area (TPSA) is 9.23 Å². The molecule has 17 heavy (non-hydrogen) atoms. The highest BCUT2D eigenvalue weighted by atomic mass is 16.5. The Labute approximate surface area is 103 Å². The lowest BCUT2D eigenvalue weighted by Gasteiger charge is -2.17. The van der Waals surface area contributed by atoms with Gasteiger partial charge in [-0.1, -0.05) is 43.7 Å². The monoisotopic (exact) mass is 227 g/mol. The Balaban J connectivity index is 2.18. The summed E-state index contributed by atoms with van der Waals surface area (Å²) in [6.07, 6.45) is 3.26. The lowest BCUT2D eigenvalue weighted by molar-refractivity contribution is 0.193. The highest BCUT2D eigenvalue weighted by Gasteiger charge is 2.06. The van der Waals surface area contributed by atoms with E-state index in [9.17, 15) is 0 Å². The predicted molar refractivity (Wildman–Crippen MR) is 73.2 cm³/mol. The molecule has 0 aliphatic carbocycles. The second kappa shape index (κ2) is 5.72. The van der Waals surface area contributed by atoms with Crippen molar-refractivity contribution in [3.63, 3.8) is 0 Å². The molecular formula is C16H19O. The molecule has 1 radical (unpaired) electrons. The fourth-order valence-corrected chi connectivity index (χ4v) is 2.02. The van der Waals surface area contributed by atoms with E-state index in [1.807, 2.05) is 6.07 Å². The van der Waals surface area contributed by atoms with Crippen LogP contribution in [0.2, 0.25) is 0 Å². The summed E-state index contributed by atoms with van der Waals surface area (Å²) < 4.78 is 5.95. The molecule has 0 amide bonds. The van der Waals surface area contributed by atoms with Crippen LogP contribution in [0.1, 0.15) is 26.2 Å². The molecule has 0 bridgehead atoms. The Morgan fingerprint density at radius 3 is 2.59 bits per heavy atom. The zero-order valence-electron chi connectivity index (χ0n) is 10.4. The Hall–Kier alpha value is -1.50. The average molecular weight is 227 g/mol. The summed E-state index contributed by atoms with van der Waals surface area (Å²) in [5.74, 6) is 0.950. The van der Waals surface area contributed by atoms with Gasteiger partial charge in [-0.25, -0.2) is 0 Å². The van der Waals surface area contributed by atoms with Crippen LogP contribution in [0.4, 0.5) is 0 Å². The molecule has 1 nitrogen and oxygen atoms in total. The van der Waals surface area contributed by atoms with Crippen molar-refractivity contribution in [3.8, 4) is 5.75 Å². The maximum absolute atomic E-state index is 5.95. The van der Waals surface area contributed by atoms with Gasteiger partial charge in [0.15, 0.2) is 0 Å². The van der Waals surface area contributed by atoms with Crippen molar-refractivity contribution in [2.45, 2.75) is 32.3 Å². The van der Waals surface area contributed by atoms with Gasteiger partial charge in [-0.05, 0) is 42.7 Å². The number of fused-ring (bicyclic) bond motifs is 1. The van der Waals surface area contributed by atoms with Gasteiger partial charge in [0.25, 0.3) is 0 Å². The molecule has 0 spiro atoms. The average Bonchev–Trinajstić information content (AvgIpc) is 2.38. The first kappa shape index (κ1) is 12.0. The van der Waals surface area contributed by atoms with Crippen molar-refractivity contribution in [2.24, 2.45) is 0 Å². The molecule has 89 valence electrons. The minimum absolute atomic E-state index is 0.237. The van der Waals surface area contributed by atoms with Crippen LogP contribution in [0, 0.1) is 6.92 Å². The lowest BCUT2D eigenvalue weighted by atomic mass is 10.1. The van der Waals surface area contributed by atoms with Gasteiger partial charge in [0.1, 0.15) is 5.75 Å². The first-order valence-electron chi connectivity index (χ1n) is 6.28. The number of hydrogen-bond acceptors (Lipinski definition) is 1. The lowest BCUT2D eigenvalue weighted by Crippen LogP contribution is -2.14. The summed E-state index contributed by atoms with van der Waals surface area (Å²) in [6.45, 7) is 6.11.